The van der Waals surface area contributed by atoms with E-state index in [0.29, 0.717) is 0 Å². The minimum atomic E-state index is 0.861. The molecule has 0 amide bonds. The van der Waals surface area contributed by atoms with Crippen molar-refractivity contribution < 1.29 is 4.74 Å². The molecule has 0 atom stereocenters. The van der Waals surface area contributed by atoms with E-state index in [-0.39, 0.29) is 0 Å². The van der Waals surface area contributed by atoms with Crippen molar-refractivity contribution in [3.05, 3.63) is 72.3 Å². The summed E-state index contributed by atoms with van der Waals surface area (Å²) in [6.07, 6.45) is 0.922. The number of ether oxygens (including phenoxy) is 1. The fourth-order valence-corrected chi connectivity index (χ4v) is 1.65. The zero-order valence-electron chi connectivity index (χ0n) is 10.0. The first-order chi connectivity index (χ1) is 8.24. The van der Waals surface area contributed by atoms with Crippen LogP contribution in [0.5, 0.6) is 11.5 Å². The molecule has 2 aromatic carbocycles. The molecule has 0 radical (unpaired) electrons. The van der Waals surface area contributed by atoms with Gasteiger partial charge in [-0.2, -0.15) is 0 Å². The van der Waals surface area contributed by atoms with E-state index in [1.54, 1.807) is 0 Å². The van der Waals surface area contributed by atoms with Crippen LogP contribution in [0.15, 0.2) is 66.7 Å². The lowest BCUT2D eigenvalue weighted by Crippen LogP contribution is -1.87. The lowest BCUT2D eigenvalue weighted by molar-refractivity contribution is 0.482. The standard InChI is InChI=1S/C16H16O/c1-13(2)12-14-8-10-16(11-9-14)17-15-6-4-3-5-7-15/h3-11H,1,12H2,2H3. The van der Waals surface area contributed by atoms with E-state index < -0.39 is 0 Å². The predicted octanol–water partition coefficient (Wildman–Crippen LogP) is 4.60. The first-order valence-corrected chi connectivity index (χ1v) is 5.70. The average Bonchev–Trinajstić information content (AvgIpc) is 2.32. The third-order valence-corrected chi connectivity index (χ3v) is 2.41. The number of hydrogen-bond donors (Lipinski definition) is 0. The van der Waals surface area contributed by atoms with Crippen LogP contribution >= 0.6 is 0 Å². The van der Waals surface area contributed by atoms with Crippen LogP contribution in [0.4, 0.5) is 0 Å². The van der Waals surface area contributed by atoms with Gasteiger partial charge in [-0.15, -0.1) is 0 Å². The van der Waals surface area contributed by atoms with Gasteiger partial charge < -0.3 is 4.74 Å². The predicted molar refractivity (Wildman–Crippen MR) is 71.5 cm³/mol. The zero-order chi connectivity index (χ0) is 12.1. The maximum atomic E-state index is 5.72. The molecule has 0 spiro atoms. The lowest BCUT2D eigenvalue weighted by atomic mass is 10.1. The Kier molecular flexibility index (Phi) is 3.61. The summed E-state index contributed by atoms with van der Waals surface area (Å²) < 4.78 is 5.72. The van der Waals surface area contributed by atoms with Crippen molar-refractivity contribution in [3.63, 3.8) is 0 Å². The molecule has 0 saturated heterocycles. The molecule has 2 rings (SSSR count). The molecular formula is C16H16O. The Morgan fingerprint density at radius 3 is 2.12 bits per heavy atom. The fraction of sp³-hybridized carbons (Fsp3) is 0.125. The van der Waals surface area contributed by atoms with Gasteiger partial charge in [-0.1, -0.05) is 42.5 Å². The van der Waals surface area contributed by atoms with Gasteiger partial charge in [-0.3, -0.25) is 0 Å². The van der Waals surface area contributed by atoms with Gasteiger partial charge in [0, 0.05) is 0 Å². The van der Waals surface area contributed by atoms with Crippen molar-refractivity contribution in [2.24, 2.45) is 0 Å². The molecule has 1 heteroatoms. The third-order valence-electron chi connectivity index (χ3n) is 2.41. The minimum absolute atomic E-state index is 0.861. The second-order valence-corrected chi connectivity index (χ2v) is 4.19. The van der Waals surface area contributed by atoms with E-state index in [9.17, 15) is 0 Å². The van der Waals surface area contributed by atoms with Crippen molar-refractivity contribution in [3.8, 4) is 11.5 Å². The number of allylic oxidation sites excluding steroid dienone is 1. The monoisotopic (exact) mass is 224 g/mol. The van der Waals surface area contributed by atoms with E-state index in [1.165, 1.54) is 11.1 Å². The van der Waals surface area contributed by atoms with Crippen molar-refractivity contribution in [1.82, 2.24) is 0 Å². The Morgan fingerprint density at radius 2 is 1.53 bits per heavy atom. The molecule has 1 nitrogen and oxygen atoms in total. The fourth-order valence-electron chi connectivity index (χ4n) is 1.65. The second kappa shape index (κ2) is 5.35. The number of benzene rings is 2. The molecule has 0 aliphatic carbocycles. The molecular weight excluding hydrogens is 208 g/mol. The van der Waals surface area contributed by atoms with E-state index in [1.807, 2.05) is 49.4 Å². The van der Waals surface area contributed by atoms with Crippen LogP contribution in [-0.4, -0.2) is 0 Å². The van der Waals surface area contributed by atoms with Crippen molar-refractivity contribution >= 4 is 0 Å². The third kappa shape index (κ3) is 3.49. The van der Waals surface area contributed by atoms with Crippen LogP contribution in [0.25, 0.3) is 0 Å². The number of hydrogen-bond acceptors (Lipinski definition) is 1. The second-order valence-electron chi connectivity index (χ2n) is 4.19. The van der Waals surface area contributed by atoms with Gasteiger partial charge in [0.2, 0.25) is 0 Å². The van der Waals surface area contributed by atoms with Gasteiger partial charge in [0.15, 0.2) is 0 Å². The molecule has 17 heavy (non-hydrogen) atoms. The summed E-state index contributed by atoms with van der Waals surface area (Å²) in [5.41, 5.74) is 2.43. The van der Waals surface area contributed by atoms with E-state index in [4.69, 9.17) is 4.74 Å². The Hall–Kier alpha value is -2.02. The first kappa shape index (κ1) is 11.5. The normalized spacial score (nSPS) is 9.94. The smallest absolute Gasteiger partial charge is 0.127 e. The van der Waals surface area contributed by atoms with Gasteiger partial charge >= 0.3 is 0 Å². The summed E-state index contributed by atoms with van der Waals surface area (Å²) in [5.74, 6) is 1.72. The quantitative estimate of drug-likeness (QED) is 0.690. The number of para-hydroxylation sites is 1. The minimum Gasteiger partial charge on any atom is -0.457 e. The van der Waals surface area contributed by atoms with Crippen molar-refractivity contribution in [2.45, 2.75) is 13.3 Å². The van der Waals surface area contributed by atoms with Crippen LogP contribution in [0, 0.1) is 0 Å². The molecule has 0 aromatic heterocycles. The molecule has 86 valence electrons. The summed E-state index contributed by atoms with van der Waals surface area (Å²) >= 11 is 0. The molecule has 0 fully saturated rings. The summed E-state index contributed by atoms with van der Waals surface area (Å²) in [5, 5.41) is 0. The molecule has 0 heterocycles. The van der Waals surface area contributed by atoms with Crippen molar-refractivity contribution in [1.29, 1.82) is 0 Å². The summed E-state index contributed by atoms with van der Waals surface area (Å²) in [6, 6.07) is 17.9. The molecule has 0 bridgehead atoms. The zero-order valence-corrected chi connectivity index (χ0v) is 10.0. The summed E-state index contributed by atoms with van der Waals surface area (Å²) in [6.45, 7) is 5.95. The Bertz CT molecular complexity index is 483. The van der Waals surface area contributed by atoms with Crippen LogP contribution in [0.2, 0.25) is 0 Å². The Morgan fingerprint density at radius 1 is 0.941 bits per heavy atom. The van der Waals surface area contributed by atoms with E-state index in [0.717, 1.165) is 17.9 Å². The van der Waals surface area contributed by atoms with Crippen LogP contribution in [0.3, 0.4) is 0 Å². The van der Waals surface area contributed by atoms with Gasteiger partial charge in [-0.05, 0) is 43.2 Å². The Balaban J connectivity index is 2.06. The molecule has 0 unspecified atom stereocenters. The number of rotatable bonds is 4. The SMILES string of the molecule is C=C(C)Cc1ccc(Oc2ccccc2)cc1. The van der Waals surface area contributed by atoms with Crippen molar-refractivity contribution in [2.75, 3.05) is 0 Å². The summed E-state index contributed by atoms with van der Waals surface area (Å²) in [4.78, 5) is 0. The maximum absolute atomic E-state index is 5.72. The van der Waals surface area contributed by atoms with Gasteiger partial charge in [-0.25, -0.2) is 0 Å². The van der Waals surface area contributed by atoms with Gasteiger partial charge in [0.1, 0.15) is 11.5 Å². The highest BCUT2D eigenvalue weighted by atomic mass is 16.5. The molecule has 0 N–H and O–H groups in total. The van der Waals surface area contributed by atoms with E-state index in [2.05, 4.69) is 18.7 Å². The lowest BCUT2D eigenvalue weighted by Gasteiger charge is -2.06. The van der Waals surface area contributed by atoms with Crippen LogP contribution in [-0.2, 0) is 6.42 Å². The first-order valence-electron chi connectivity index (χ1n) is 5.70. The molecule has 0 aliphatic rings. The Labute approximate surface area is 102 Å². The highest BCUT2D eigenvalue weighted by Crippen LogP contribution is 2.21. The molecule has 0 aliphatic heterocycles. The highest BCUT2D eigenvalue weighted by molar-refractivity contribution is 5.33. The van der Waals surface area contributed by atoms with Crippen LogP contribution in [0.1, 0.15) is 12.5 Å². The highest BCUT2D eigenvalue weighted by Gasteiger charge is 1.97. The van der Waals surface area contributed by atoms with E-state index >= 15 is 0 Å². The van der Waals surface area contributed by atoms with Gasteiger partial charge in [0.25, 0.3) is 0 Å². The van der Waals surface area contributed by atoms with Crippen LogP contribution < -0.4 is 4.74 Å². The average molecular weight is 224 g/mol. The van der Waals surface area contributed by atoms with Gasteiger partial charge in [0.05, 0.1) is 0 Å². The molecule has 2 aromatic rings. The topological polar surface area (TPSA) is 9.23 Å². The summed E-state index contributed by atoms with van der Waals surface area (Å²) in [7, 11) is 0. The largest absolute Gasteiger partial charge is 0.457 e. The maximum Gasteiger partial charge on any atom is 0.127 e. The molecule has 0 saturated carbocycles.